The zero-order valence-electron chi connectivity index (χ0n) is 11.0. The number of ether oxygens (including phenoxy) is 2. The summed E-state index contributed by atoms with van der Waals surface area (Å²) in [5.74, 6) is 2.57. The third kappa shape index (κ3) is 3.66. The molecule has 1 fully saturated rings. The van der Waals surface area contributed by atoms with Crippen LogP contribution in [0.5, 0.6) is 0 Å². The SMILES string of the molecule is C#CC1CCC(COC=O)N1C(=O)OC(C)(C)C. The minimum atomic E-state index is -0.575. The van der Waals surface area contributed by atoms with Crippen LogP contribution in [0, 0.1) is 12.3 Å². The Morgan fingerprint density at radius 3 is 2.67 bits per heavy atom. The summed E-state index contributed by atoms with van der Waals surface area (Å²) >= 11 is 0. The largest absolute Gasteiger partial charge is 0.466 e. The van der Waals surface area contributed by atoms with E-state index in [1.54, 1.807) is 20.8 Å². The monoisotopic (exact) mass is 253 g/mol. The van der Waals surface area contributed by atoms with Crippen LogP contribution in [0.2, 0.25) is 0 Å². The highest BCUT2D eigenvalue weighted by atomic mass is 16.6. The normalized spacial score (nSPS) is 23.3. The van der Waals surface area contributed by atoms with Gasteiger partial charge in [0, 0.05) is 0 Å². The highest BCUT2D eigenvalue weighted by Crippen LogP contribution is 2.26. The number of rotatable bonds is 3. The number of amides is 1. The summed E-state index contributed by atoms with van der Waals surface area (Å²) in [5.41, 5.74) is -0.575. The van der Waals surface area contributed by atoms with Crippen molar-refractivity contribution in [1.29, 1.82) is 0 Å². The fraction of sp³-hybridized carbons (Fsp3) is 0.692. The van der Waals surface area contributed by atoms with Crippen molar-refractivity contribution < 1.29 is 19.1 Å². The van der Waals surface area contributed by atoms with Crippen LogP contribution >= 0.6 is 0 Å². The average Bonchev–Trinajstić information content (AvgIpc) is 2.66. The van der Waals surface area contributed by atoms with Crippen molar-refractivity contribution in [2.45, 2.75) is 51.3 Å². The molecular weight excluding hydrogens is 234 g/mol. The molecule has 0 radical (unpaired) electrons. The van der Waals surface area contributed by atoms with Crippen LogP contribution in [0.3, 0.4) is 0 Å². The molecule has 0 aromatic heterocycles. The highest BCUT2D eigenvalue weighted by Gasteiger charge is 2.38. The van der Waals surface area contributed by atoms with Gasteiger partial charge in [-0.3, -0.25) is 9.69 Å². The molecule has 0 aliphatic carbocycles. The summed E-state index contributed by atoms with van der Waals surface area (Å²) in [6.07, 6.45) is 6.36. The Morgan fingerprint density at radius 1 is 1.50 bits per heavy atom. The smallest absolute Gasteiger partial charge is 0.411 e. The first-order valence-electron chi connectivity index (χ1n) is 5.91. The summed E-state index contributed by atoms with van der Waals surface area (Å²) in [5, 5.41) is 0. The van der Waals surface area contributed by atoms with Crippen molar-refractivity contribution in [2.75, 3.05) is 6.61 Å². The van der Waals surface area contributed by atoms with Gasteiger partial charge in [0.05, 0.1) is 12.1 Å². The molecule has 5 heteroatoms. The van der Waals surface area contributed by atoms with Gasteiger partial charge in [0.1, 0.15) is 12.2 Å². The molecule has 0 saturated carbocycles. The molecule has 5 nitrogen and oxygen atoms in total. The predicted octanol–water partition coefficient (Wildman–Crippen LogP) is 1.56. The first kappa shape index (κ1) is 14.4. The van der Waals surface area contributed by atoms with Crippen molar-refractivity contribution in [1.82, 2.24) is 4.90 Å². The number of hydrogen-bond donors (Lipinski definition) is 0. The molecule has 0 aromatic carbocycles. The van der Waals surface area contributed by atoms with Crippen LogP contribution in [0.15, 0.2) is 0 Å². The van der Waals surface area contributed by atoms with E-state index in [1.165, 1.54) is 4.90 Å². The molecule has 0 bridgehead atoms. The Balaban J connectivity index is 2.74. The number of terminal acetylenes is 1. The van der Waals surface area contributed by atoms with Gasteiger partial charge in [0.25, 0.3) is 6.47 Å². The van der Waals surface area contributed by atoms with Crippen molar-refractivity contribution >= 4 is 12.6 Å². The third-order valence-corrected chi connectivity index (χ3v) is 2.66. The van der Waals surface area contributed by atoms with E-state index in [4.69, 9.17) is 15.9 Å². The molecule has 1 amide bonds. The van der Waals surface area contributed by atoms with Gasteiger partial charge in [-0.1, -0.05) is 5.92 Å². The summed E-state index contributed by atoms with van der Waals surface area (Å²) in [6, 6.07) is -0.494. The van der Waals surface area contributed by atoms with E-state index in [9.17, 15) is 9.59 Å². The molecule has 2 atom stereocenters. The fourth-order valence-corrected chi connectivity index (χ4v) is 1.95. The van der Waals surface area contributed by atoms with Crippen LogP contribution in [0.4, 0.5) is 4.79 Å². The Kier molecular flexibility index (Phi) is 4.60. The van der Waals surface area contributed by atoms with E-state index in [2.05, 4.69) is 5.92 Å². The lowest BCUT2D eigenvalue weighted by Crippen LogP contribution is -2.45. The average molecular weight is 253 g/mol. The maximum atomic E-state index is 12.1. The number of likely N-dealkylation sites (tertiary alicyclic amines) is 1. The number of nitrogens with zero attached hydrogens (tertiary/aromatic N) is 1. The second-order valence-electron chi connectivity index (χ2n) is 5.23. The van der Waals surface area contributed by atoms with Crippen molar-refractivity contribution in [3.63, 3.8) is 0 Å². The maximum Gasteiger partial charge on any atom is 0.411 e. The minimum Gasteiger partial charge on any atom is -0.466 e. The van der Waals surface area contributed by atoms with Crippen LogP contribution in [-0.2, 0) is 14.3 Å². The molecule has 1 aliphatic heterocycles. The molecular formula is C13H19NO4. The van der Waals surface area contributed by atoms with Crippen LogP contribution in [0.25, 0.3) is 0 Å². The van der Waals surface area contributed by atoms with Gasteiger partial charge in [0.2, 0.25) is 0 Å². The van der Waals surface area contributed by atoms with Crippen molar-refractivity contribution in [3.8, 4) is 12.3 Å². The van der Waals surface area contributed by atoms with Crippen molar-refractivity contribution in [2.24, 2.45) is 0 Å². The highest BCUT2D eigenvalue weighted by molar-refractivity contribution is 5.70. The molecule has 1 heterocycles. The minimum absolute atomic E-state index is 0.154. The standard InChI is InChI=1S/C13H19NO4/c1-5-10-6-7-11(8-17-9-15)14(10)12(16)18-13(2,3)4/h1,9-11H,6-8H2,2-4H3. The second-order valence-corrected chi connectivity index (χ2v) is 5.23. The van der Waals surface area contributed by atoms with Crippen LogP contribution in [-0.4, -0.2) is 41.8 Å². The van der Waals surface area contributed by atoms with E-state index in [0.717, 1.165) is 0 Å². The lowest BCUT2D eigenvalue weighted by molar-refractivity contribution is -0.130. The molecule has 2 unspecified atom stereocenters. The predicted molar refractivity (Wildman–Crippen MR) is 65.7 cm³/mol. The van der Waals surface area contributed by atoms with Gasteiger partial charge < -0.3 is 9.47 Å². The second kappa shape index (κ2) is 5.76. The van der Waals surface area contributed by atoms with E-state index in [0.29, 0.717) is 19.3 Å². The van der Waals surface area contributed by atoms with Crippen LogP contribution < -0.4 is 0 Å². The zero-order chi connectivity index (χ0) is 13.8. The Bertz CT molecular complexity index is 353. The summed E-state index contributed by atoms with van der Waals surface area (Å²) < 4.78 is 10.0. The molecule has 1 rings (SSSR count). The topological polar surface area (TPSA) is 55.8 Å². The van der Waals surface area contributed by atoms with E-state index >= 15 is 0 Å². The number of carbonyl (C=O) groups excluding carboxylic acids is 2. The van der Waals surface area contributed by atoms with Gasteiger partial charge in [-0.2, -0.15) is 0 Å². The van der Waals surface area contributed by atoms with E-state index < -0.39 is 11.7 Å². The molecule has 0 aromatic rings. The first-order chi connectivity index (χ1) is 8.39. The number of hydrogen-bond acceptors (Lipinski definition) is 4. The van der Waals surface area contributed by atoms with Gasteiger partial charge >= 0.3 is 6.09 Å². The lowest BCUT2D eigenvalue weighted by Gasteiger charge is -2.30. The zero-order valence-corrected chi connectivity index (χ0v) is 11.0. The first-order valence-corrected chi connectivity index (χ1v) is 5.91. The molecule has 1 aliphatic rings. The molecule has 100 valence electrons. The van der Waals surface area contributed by atoms with Crippen LogP contribution in [0.1, 0.15) is 33.6 Å². The maximum absolute atomic E-state index is 12.1. The lowest BCUT2D eigenvalue weighted by atomic mass is 10.2. The molecule has 1 saturated heterocycles. The summed E-state index contributed by atoms with van der Waals surface area (Å²) in [7, 11) is 0. The number of carbonyl (C=O) groups is 2. The van der Waals surface area contributed by atoms with Gasteiger partial charge in [-0.25, -0.2) is 4.79 Å². The Labute approximate surface area is 107 Å². The third-order valence-electron chi connectivity index (χ3n) is 2.66. The van der Waals surface area contributed by atoms with Gasteiger partial charge in [-0.15, -0.1) is 6.42 Å². The van der Waals surface area contributed by atoms with E-state index in [-0.39, 0.29) is 18.7 Å². The van der Waals surface area contributed by atoms with Gasteiger partial charge in [0.15, 0.2) is 0 Å². The van der Waals surface area contributed by atoms with Crippen molar-refractivity contribution in [3.05, 3.63) is 0 Å². The molecule has 0 N–H and O–H groups in total. The Morgan fingerprint density at radius 2 is 2.17 bits per heavy atom. The molecule has 0 spiro atoms. The fourth-order valence-electron chi connectivity index (χ4n) is 1.95. The quantitative estimate of drug-likeness (QED) is 0.566. The van der Waals surface area contributed by atoms with E-state index in [1.807, 2.05) is 0 Å². The summed E-state index contributed by atoms with van der Waals surface area (Å²) in [6.45, 7) is 5.91. The Hall–Kier alpha value is -1.70. The summed E-state index contributed by atoms with van der Waals surface area (Å²) in [4.78, 5) is 23.8. The van der Waals surface area contributed by atoms with Gasteiger partial charge in [-0.05, 0) is 33.6 Å². The molecule has 18 heavy (non-hydrogen) atoms.